The highest BCUT2D eigenvalue weighted by Gasteiger charge is 2.80. The first-order valence-electron chi connectivity index (χ1n) is 7.38. The molecule has 3 nitrogen and oxygen atoms in total. The molecule has 2 atom stereocenters. The Kier molecular flexibility index (Phi) is 9.14. The van der Waals surface area contributed by atoms with E-state index in [0.717, 1.165) is 0 Å². The zero-order valence-corrected chi connectivity index (χ0v) is 15.5. The zero-order valence-electron chi connectivity index (χ0n) is 15.5. The van der Waals surface area contributed by atoms with Gasteiger partial charge in [-0.15, -0.1) is 26.3 Å². The summed E-state index contributed by atoms with van der Waals surface area (Å²) in [5.41, 5.74) is 0. The van der Waals surface area contributed by atoms with Gasteiger partial charge in [0.1, 0.15) is 0 Å². The number of halogens is 22. The molecule has 0 aliphatic heterocycles. The quantitative estimate of drug-likeness (QED) is 0.206. The molecule has 0 aliphatic carbocycles. The van der Waals surface area contributed by atoms with E-state index in [1.807, 2.05) is 4.74 Å². The lowest BCUT2D eigenvalue weighted by Gasteiger charge is -2.34. The van der Waals surface area contributed by atoms with Crippen molar-refractivity contribution in [2.24, 2.45) is 0 Å². The van der Waals surface area contributed by atoms with Gasteiger partial charge in [0.2, 0.25) is 11.7 Å². The van der Waals surface area contributed by atoms with Gasteiger partial charge in [-0.2, -0.15) is 70.2 Å². The summed E-state index contributed by atoms with van der Waals surface area (Å²) in [7, 11) is 0. The number of rotatable bonds is 8. The van der Waals surface area contributed by atoms with Crippen molar-refractivity contribution in [3.05, 3.63) is 23.7 Å². The minimum Gasteiger partial charge on any atom is -0.400 e. The van der Waals surface area contributed by atoms with Gasteiger partial charge in [0.25, 0.3) is 0 Å². The van der Waals surface area contributed by atoms with Gasteiger partial charge in [-0.1, -0.05) is 0 Å². The Balaban J connectivity index is 6.77. The van der Waals surface area contributed by atoms with Crippen LogP contribution < -0.4 is 0 Å². The average Bonchev–Trinajstić information content (AvgIpc) is 2.61. The van der Waals surface area contributed by atoms with Crippen LogP contribution in [0.2, 0.25) is 0 Å². The van der Waals surface area contributed by atoms with E-state index in [4.69, 9.17) is 0 Å². The van der Waals surface area contributed by atoms with E-state index in [9.17, 15) is 96.6 Å². The molecule has 25 heteroatoms. The summed E-state index contributed by atoms with van der Waals surface area (Å²) in [6.07, 6.45) is -29.6. The maximum Gasteiger partial charge on any atom is 0.525 e. The van der Waals surface area contributed by atoms with Gasteiger partial charge in [0.15, 0.2) is 0 Å². The number of alkyl halides is 18. The molecular weight excluding hydrogens is 610 g/mol. The van der Waals surface area contributed by atoms with Crippen molar-refractivity contribution in [1.82, 2.24) is 0 Å². The van der Waals surface area contributed by atoms with Gasteiger partial charge in [-0.05, 0) is 0 Å². The molecule has 0 amide bonds. The second-order valence-electron chi connectivity index (χ2n) is 5.71. The Morgan fingerprint density at radius 3 is 0.757 bits per heavy atom. The van der Waals surface area contributed by atoms with Crippen molar-refractivity contribution >= 4 is 0 Å². The topological polar surface area (TPSA) is 27.7 Å². The van der Waals surface area contributed by atoms with Crippen LogP contribution in [0.5, 0.6) is 0 Å². The van der Waals surface area contributed by atoms with Crippen LogP contribution in [0.1, 0.15) is 0 Å². The summed E-state index contributed by atoms with van der Waals surface area (Å²) in [5, 5.41) is 0. The van der Waals surface area contributed by atoms with E-state index in [1.165, 1.54) is 9.47 Å². The van der Waals surface area contributed by atoms with Crippen LogP contribution >= 0.6 is 0 Å². The third-order valence-electron chi connectivity index (χ3n) is 3.13. The molecule has 0 rings (SSSR count). The van der Waals surface area contributed by atoms with Gasteiger partial charge in [0, 0.05) is 0 Å². The third kappa shape index (κ3) is 6.95. The molecular formula is C12F22O3. The predicted molar refractivity (Wildman–Crippen MR) is 63.5 cm³/mol. The van der Waals surface area contributed by atoms with E-state index in [-0.39, 0.29) is 0 Å². The van der Waals surface area contributed by atoms with Crippen LogP contribution in [0, 0.1) is 0 Å². The van der Waals surface area contributed by atoms with Gasteiger partial charge in [0.05, 0.1) is 0 Å². The van der Waals surface area contributed by atoms with Crippen LogP contribution in [-0.4, -0.2) is 48.6 Å². The lowest BCUT2D eigenvalue weighted by atomic mass is 10.1. The second kappa shape index (κ2) is 9.76. The Labute approximate surface area is 184 Å². The maximum absolute atomic E-state index is 13.4. The van der Waals surface area contributed by atoms with Crippen LogP contribution in [0.3, 0.4) is 0 Å². The second-order valence-corrected chi connectivity index (χ2v) is 5.71. The monoisotopic (exact) mass is 610 g/mol. The summed E-state index contributed by atoms with van der Waals surface area (Å²) < 4.78 is 283. The standard InChI is InChI=1S/C12F22O3/c13-1(5(17,18)7(21,9(23,24)25)36-11(29,30)31)3(15)35-4(16)2(14)6(19,20)8(22,10(26,27)28)37-12(32,33)34. The molecule has 0 saturated heterocycles. The Hall–Kier alpha value is -2.34. The van der Waals surface area contributed by atoms with Gasteiger partial charge < -0.3 is 4.74 Å². The average molecular weight is 610 g/mol. The molecule has 0 aromatic carbocycles. The number of ether oxygens (including phenoxy) is 3. The summed E-state index contributed by atoms with van der Waals surface area (Å²) in [6, 6.07) is -9.34. The Bertz CT molecular complexity index is 817. The molecule has 0 radical (unpaired) electrons. The fourth-order valence-electron chi connectivity index (χ4n) is 1.62. The van der Waals surface area contributed by atoms with Crippen molar-refractivity contribution in [2.45, 2.75) is 48.6 Å². The molecule has 2 unspecified atom stereocenters. The van der Waals surface area contributed by atoms with Gasteiger partial charge in [-0.25, -0.2) is 9.47 Å². The molecule has 37 heavy (non-hydrogen) atoms. The fraction of sp³-hybridized carbons (Fsp3) is 0.667. The highest BCUT2D eigenvalue weighted by molar-refractivity contribution is 5.18. The molecule has 0 fully saturated rings. The van der Waals surface area contributed by atoms with Crippen molar-refractivity contribution in [3.8, 4) is 0 Å². The van der Waals surface area contributed by atoms with Crippen LogP contribution in [0.4, 0.5) is 96.6 Å². The van der Waals surface area contributed by atoms with E-state index in [1.54, 1.807) is 0 Å². The SMILES string of the molecule is FC(OC(F)=C(F)C(F)(F)C(F)(OC(F)(F)F)C(F)(F)F)=C(F)C(F)(F)C(F)(OC(F)(F)F)C(F)(F)F. The third-order valence-corrected chi connectivity index (χ3v) is 3.13. The lowest BCUT2D eigenvalue weighted by molar-refractivity contribution is -0.482. The predicted octanol–water partition coefficient (Wildman–Crippen LogP) is 8.02. The van der Waals surface area contributed by atoms with Crippen molar-refractivity contribution in [3.63, 3.8) is 0 Å². The largest absolute Gasteiger partial charge is 0.525 e. The minimum absolute atomic E-state index is 1.33. The molecule has 0 heterocycles. The Morgan fingerprint density at radius 1 is 0.378 bits per heavy atom. The van der Waals surface area contributed by atoms with E-state index in [0.29, 0.717) is 0 Å². The number of hydrogen-bond donors (Lipinski definition) is 0. The zero-order chi connectivity index (χ0) is 30.4. The smallest absolute Gasteiger partial charge is 0.400 e. The van der Waals surface area contributed by atoms with Gasteiger partial charge >= 0.3 is 60.7 Å². The first-order chi connectivity index (χ1) is 15.8. The summed E-state index contributed by atoms with van der Waals surface area (Å²) >= 11 is 0. The normalized spacial score (nSPS) is 19.5. The summed E-state index contributed by atoms with van der Waals surface area (Å²) in [5.74, 6) is -40.9. The molecule has 220 valence electrons. The molecule has 0 N–H and O–H groups in total. The minimum atomic E-state index is -7.71. The lowest BCUT2D eigenvalue weighted by Crippen LogP contribution is -2.60. The highest BCUT2D eigenvalue weighted by atomic mass is 19.4. The Morgan fingerprint density at radius 2 is 0.595 bits per heavy atom. The van der Waals surface area contributed by atoms with E-state index >= 15 is 0 Å². The molecule has 0 aliphatic rings. The highest BCUT2D eigenvalue weighted by Crippen LogP contribution is 2.55. The first kappa shape index (κ1) is 34.7. The molecule has 0 spiro atoms. The molecule has 0 aromatic heterocycles. The van der Waals surface area contributed by atoms with Crippen molar-refractivity contribution in [2.75, 3.05) is 0 Å². The number of hydrogen-bond acceptors (Lipinski definition) is 3. The maximum atomic E-state index is 13.4. The van der Waals surface area contributed by atoms with Crippen LogP contribution in [0.25, 0.3) is 0 Å². The summed E-state index contributed by atoms with van der Waals surface area (Å²) in [6.45, 7) is 0. The summed E-state index contributed by atoms with van der Waals surface area (Å²) in [4.78, 5) is 0. The molecule has 0 bridgehead atoms. The molecule has 0 aromatic rings. The van der Waals surface area contributed by atoms with Crippen LogP contribution in [-0.2, 0) is 14.2 Å². The molecule has 0 saturated carbocycles. The van der Waals surface area contributed by atoms with Crippen molar-refractivity contribution in [1.29, 1.82) is 0 Å². The first-order valence-corrected chi connectivity index (χ1v) is 7.38. The fourth-order valence-corrected chi connectivity index (χ4v) is 1.62. The van der Waals surface area contributed by atoms with E-state index < -0.39 is 72.3 Å². The van der Waals surface area contributed by atoms with Crippen molar-refractivity contribution < 1.29 is 111 Å². The van der Waals surface area contributed by atoms with E-state index in [2.05, 4.69) is 0 Å². The van der Waals surface area contributed by atoms with Gasteiger partial charge in [-0.3, -0.25) is 0 Å². The van der Waals surface area contributed by atoms with Crippen LogP contribution in [0.15, 0.2) is 23.7 Å².